The number of likely N-dealkylation sites (tertiary alicyclic amines) is 1. The lowest BCUT2D eigenvalue weighted by molar-refractivity contribution is -0.159. The Bertz CT molecular complexity index is 535. The topological polar surface area (TPSA) is 53.1 Å². The number of ether oxygens (including phenoxy) is 1. The normalized spacial score (nSPS) is 33.9. The molecule has 0 radical (unpaired) electrons. The highest BCUT2D eigenvalue weighted by atomic mass is 19.3. The molecule has 1 spiro atoms. The van der Waals surface area contributed by atoms with Crippen LogP contribution in [0.3, 0.4) is 0 Å². The molecular formula is C16H25F2N3O3. The summed E-state index contributed by atoms with van der Waals surface area (Å²) in [5.41, 5.74) is -0.383. The molecule has 3 fully saturated rings. The molecule has 0 N–H and O–H groups in total. The number of carbonyl (C=O) groups is 2. The van der Waals surface area contributed by atoms with Crippen molar-refractivity contribution in [2.24, 2.45) is 11.3 Å². The Balaban J connectivity index is 1.77. The Morgan fingerprint density at radius 2 is 1.96 bits per heavy atom. The summed E-state index contributed by atoms with van der Waals surface area (Å²) in [4.78, 5) is 29.9. The van der Waals surface area contributed by atoms with Gasteiger partial charge >= 0.3 is 0 Å². The molecule has 0 aromatic carbocycles. The van der Waals surface area contributed by atoms with E-state index in [9.17, 15) is 18.4 Å². The van der Waals surface area contributed by atoms with Crippen LogP contribution in [-0.4, -0.2) is 92.5 Å². The predicted octanol–water partition coefficient (Wildman–Crippen LogP) is 0.279. The first-order valence-electron chi connectivity index (χ1n) is 8.28. The Labute approximate surface area is 140 Å². The Kier molecular flexibility index (Phi) is 4.32. The van der Waals surface area contributed by atoms with E-state index in [0.29, 0.717) is 26.2 Å². The molecule has 136 valence electrons. The van der Waals surface area contributed by atoms with E-state index in [1.165, 1.54) is 0 Å². The van der Waals surface area contributed by atoms with Gasteiger partial charge in [-0.2, -0.15) is 0 Å². The number of rotatable bonds is 2. The molecule has 1 saturated carbocycles. The van der Waals surface area contributed by atoms with Crippen LogP contribution in [0.4, 0.5) is 8.78 Å². The van der Waals surface area contributed by atoms with Crippen molar-refractivity contribution in [1.82, 2.24) is 14.7 Å². The summed E-state index contributed by atoms with van der Waals surface area (Å²) in [6, 6.07) is 0.0235. The predicted molar refractivity (Wildman–Crippen MR) is 82.6 cm³/mol. The maximum Gasteiger partial charge on any atom is 0.249 e. The summed E-state index contributed by atoms with van der Waals surface area (Å²) in [5, 5.41) is 0. The highest BCUT2D eigenvalue weighted by molar-refractivity contribution is 5.81. The first-order chi connectivity index (χ1) is 11.1. The van der Waals surface area contributed by atoms with E-state index in [1.54, 1.807) is 16.8 Å². The van der Waals surface area contributed by atoms with Gasteiger partial charge in [0.1, 0.15) is 6.61 Å². The quantitative estimate of drug-likeness (QED) is 0.721. The molecule has 2 saturated heterocycles. The zero-order valence-electron chi connectivity index (χ0n) is 14.4. The fraction of sp³-hybridized carbons (Fsp3) is 0.875. The van der Waals surface area contributed by atoms with Crippen LogP contribution in [0.25, 0.3) is 0 Å². The molecule has 3 aliphatic rings. The third-order valence-corrected chi connectivity index (χ3v) is 5.57. The molecule has 1 aliphatic carbocycles. The van der Waals surface area contributed by atoms with Crippen LogP contribution >= 0.6 is 0 Å². The summed E-state index contributed by atoms with van der Waals surface area (Å²) in [6.07, 6.45) is -0.701. The second kappa shape index (κ2) is 5.91. The number of halogens is 2. The summed E-state index contributed by atoms with van der Waals surface area (Å²) in [5.74, 6) is -3.55. The Morgan fingerprint density at radius 1 is 1.29 bits per heavy atom. The van der Waals surface area contributed by atoms with Crippen molar-refractivity contribution in [3.8, 4) is 0 Å². The maximum absolute atomic E-state index is 13.1. The highest BCUT2D eigenvalue weighted by Gasteiger charge is 2.55. The van der Waals surface area contributed by atoms with Crippen molar-refractivity contribution in [2.75, 3.05) is 54.0 Å². The van der Waals surface area contributed by atoms with Crippen molar-refractivity contribution in [2.45, 2.75) is 24.8 Å². The van der Waals surface area contributed by atoms with Crippen molar-refractivity contribution < 1.29 is 23.1 Å². The third kappa shape index (κ3) is 3.01. The van der Waals surface area contributed by atoms with E-state index in [1.807, 2.05) is 19.0 Å². The molecule has 2 amide bonds. The monoisotopic (exact) mass is 345 g/mol. The number of carbonyl (C=O) groups excluding carboxylic acids is 2. The van der Waals surface area contributed by atoms with Gasteiger partial charge in [-0.25, -0.2) is 8.78 Å². The van der Waals surface area contributed by atoms with Crippen molar-refractivity contribution >= 4 is 11.8 Å². The van der Waals surface area contributed by atoms with Gasteiger partial charge in [-0.15, -0.1) is 0 Å². The van der Waals surface area contributed by atoms with Gasteiger partial charge in [0, 0.05) is 56.9 Å². The molecule has 8 heteroatoms. The highest BCUT2D eigenvalue weighted by Crippen LogP contribution is 2.45. The molecule has 0 aromatic heterocycles. The van der Waals surface area contributed by atoms with Gasteiger partial charge in [0.25, 0.3) is 0 Å². The van der Waals surface area contributed by atoms with E-state index in [-0.39, 0.29) is 42.7 Å². The van der Waals surface area contributed by atoms with Crippen LogP contribution < -0.4 is 0 Å². The summed E-state index contributed by atoms with van der Waals surface area (Å²) < 4.78 is 31.8. The van der Waals surface area contributed by atoms with Gasteiger partial charge in [-0.3, -0.25) is 9.59 Å². The molecule has 3 rings (SSSR count). The molecule has 2 atom stereocenters. The minimum absolute atomic E-state index is 0.0235. The van der Waals surface area contributed by atoms with Crippen LogP contribution in [0.15, 0.2) is 0 Å². The lowest BCUT2D eigenvalue weighted by atomic mass is 9.80. The second-order valence-electron chi connectivity index (χ2n) is 7.76. The molecule has 2 heterocycles. The molecule has 24 heavy (non-hydrogen) atoms. The minimum atomic E-state index is -2.70. The number of hydrogen-bond acceptors (Lipinski definition) is 4. The first kappa shape index (κ1) is 17.5. The molecular weight excluding hydrogens is 320 g/mol. The number of likely N-dealkylation sites (N-methyl/N-ethyl adjacent to an activating group) is 2. The molecule has 0 unspecified atom stereocenters. The third-order valence-electron chi connectivity index (χ3n) is 5.57. The average molecular weight is 345 g/mol. The fourth-order valence-electron chi connectivity index (χ4n) is 4.28. The number of hydrogen-bond donors (Lipinski definition) is 0. The first-order valence-corrected chi connectivity index (χ1v) is 8.28. The van der Waals surface area contributed by atoms with Gasteiger partial charge < -0.3 is 19.4 Å². The SMILES string of the molecule is CN1C[C@]2(COCC1=O)CN(C(=O)C1CC(F)(F)C1)C[C@H]2N(C)C. The van der Waals surface area contributed by atoms with Crippen molar-refractivity contribution in [3.05, 3.63) is 0 Å². The van der Waals surface area contributed by atoms with Crippen molar-refractivity contribution in [3.63, 3.8) is 0 Å². The molecule has 2 aliphatic heterocycles. The average Bonchev–Trinajstić information content (AvgIpc) is 2.76. The zero-order chi connectivity index (χ0) is 17.7. The standard InChI is InChI=1S/C16H25F2N3O3/c1-19(2)12-6-21(14(23)11-4-16(17,18)5-11)9-15(12)8-20(3)13(22)7-24-10-15/h11-12H,4-10H2,1-3H3/t12-,15-/m1/s1. The van der Waals surface area contributed by atoms with E-state index >= 15 is 0 Å². The Hall–Kier alpha value is -1.28. The summed E-state index contributed by atoms with van der Waals surface area (Å²) in [6.45, 7) is 1.85. The van der Waals surface area contributed by atoms with Crippen LogP contribution in [0.1, 0.15) is 12.8 Å². The number of amides is 2. The van der Waals surface area contributed by atoms with E-state index in [2.05, 4.69) is 0 Å². The summed E-state index contributed by atoms with van der Waals surface area (Å²) in [7, 11) is 5.61. The zero-order valence-corrected chi connectivity index (χ0v) is 14.4. The number of nitrogens with zero attached hydrogens (tertiary/aromatic N) is 3. The minimum Gasteiger partial charge on any atom is -0.371 e. The van der Waals surface area contributed by atoms with Crippen LogP contribution in [0.5, 0.6) is 0 Å². The van der Waals surface area contributed by atoms with Crippen LogP contribution in [0, 0.1) is 11.3 Å². The van der Waals surface area contributed by atoms with Crippen molar-refractivity contribution in [1.29, 1.82) is 0 Å². The largest absolute Gasteiger partial charge is 0.371 e. The lowest BCUT2D eigenvalue weighted by Crippen LogP contribution is -2.51. The van der Waals surface area contributed by atoms with Gasteiger partial charge in [-0.05, 0) is 14.1 Å². The smallest absolute Gasteiger partial charge is 0.249 e. The van der Waals surface area contributed by atoms with Gasteiger partial charge in [0.15, 0.2) is 0 Å². The lowest BCUT2D eigenvalue weighted by Gasteiger charge is -2.38. The molecule has 0 bridgehead atoms. The number of alkyl halides is 2. The maximum atomic E-state index is 13.1. The van der Waals surface area contributed by atoms with Gasteiger partial charge in [0.2, 0.25) is 17.7 Å². The van der Waals surface area contributed by atoms with E-state index in [0.717, 1.165) is 0 Å². The Morgan fingerprint density at radius 3 is 2.54 bits per heavy atom. The molecule has 6 nitrogen and oxygen atoms in total. The van der Waals surface area contributed by atoms with Crippen LogP contribution in [0.2, 0.25) is 0 Å². The van der Waals surface area contributed by atoms with Gasteiger partial charge in [-0.1, -0.05) is 0 Å². The van der Waals surface area contributed by atoms with E-state index < -0.39 is 11.8 Å². The van der Waals surface area contributed by atoms with Crippen LogP contribution in [-0.2, 0) is 14.3 Å². The summed E-state index contributed by atoms with van der Waals surface area (Å²) >= 11 is 0. The second-order valence-corrected chi connectivity index (χ2v) is 7.76. The molecule has 0 aromatic rings. The van der Waals surface area contributed by atoms with Gasteiger partial charge in [0.05, 0.1) is 6.61 Å². The fourth-order valence-corrected chi connectivity index (χ4v) is 4.28. The van der Waals surface area contributed by atoms with E-state index in [4.69, 9.17) is 4.74 Å².